The van der Waals surface area contributed by atoms with Crippen LogP contribution in [0.4, 0.5) is 0 Å². The van der Waals surface area contributed by atoms with Gasteiger partial charge in [-0.15, -0.1) is 0 Å². The molecule has 0 aromatic heterocycles. The lowest BCUT2D eigenvalue weighted by Crippen LogP contribution is -2.32. The first-order valence-corrected chi connectivity index (χ1v) is 2.91. The Kier molecular flexibility index (Phi) is 2.80. The third-order valence-corrected chi connectivity index (χ3v) is 0.676. The van der Waals surface area contributed by atoms with E-state index in [4.69, 9.17) is 10.2 Å². The van der Waals surface area contributed by atoms with Crippen LogP contribution >= 0.6 is 0 Å². The van der Waals surface area contributed by atoms with Gasteiger partial charge in [-0.25, -0.2) is 4.79 Å². The van der Waals surface area contributed by atoms with Crippen molar-refractivity contribution in [1.82, 2.24) is 0 Å². The van der Waals surface area contributed by atoms with Gasteiger partial charge in [-0.3, -0.25) is 0 Å². The molecule has 60 valence electrons. The Morgan fingerprint density at radius 3 is 2.00 bits per heavy atom. The van der Waals surface area contributed by atoms with Gasteiger partial charge in [0, 0.05) is 0 Å². The number of aliphatic hydroxyl groups is 1. The predicted molar refractivity (Wildman–Crippen MR) is 34.5 cm³/mol. The smallest absolute Gasteiger partial charge is 0.360 e. The molecule has 1 atom stereocenters. The van der Waals surface area contributed by atoms with Crippen LogP contribution < -0.4 is 0 Å². The average molecular weight is 148 g/mol. The van der Waals surface area contributed by atoms with Crippen LogP contribution in [0.25, 0.3) is 0 Å². The second kappa shape index (κ2) is 2.98. The third kappa shape index (κ3) is 4.29. The Balaban J connectivity index is 3.80. The third-order valence-electron chi connectivity index (χ3n) is 0.676. The van der Waals surface area contributed by atoms with Crippen LogP contribution in [0.3, 0.4) is 0 Å². The van der Waals surface area contributed by atoms with Crippen molar-refractivity contribution in [3.05, 3.63) is 0 Å². The van der Waals surface area contributed by atoms with Crippen molar-refractivity contribution in [3.8, 4) is 0 Å². The van der Waals surface area contributed by atoms with Crippen molar-refractivity contribution < 1.29 is 19.7 Å². The van der Waals surface area contributed by atoms with Crippen LogP contribution in [0, 0.1) is 0 Å². The Morgan fingerprint density at radius 1 is 1.50 bits per heavy atom. The molecule has 0 radical (unpaired) electrons. The molecule has 1 unspecified atom stereocenters. The maximum absolute atomic E-state index is 10.0. The van der Waals surface area contributed by atoms with Gasteiger partial charge in [0.25, 0.3) is 6.29 Å². The van der Waals surface area contributed by atoms with Crippen LogP contribution in [0.5, 0.6) is 0 Å². The number of ether oxygens (including phenoxy) is 1. The topological polar surface area (TPSA) is 66.8 Å². The van der Waals surface area contributed by atoms with E-state index in [0.29, 0.717) is 0 Å². The molecule has 0 aromatic carbocycles. The minimum Gasteiger partial charge on any atom is -0.477 e. The molecule has 0 saturated carbocycles. The first-order chi connectivity index (χ1) is 4.33. The quantitative estimate of drug-likeness (QED) is 0.549. The lowest BCUT2D eigenvalue weighted by Gasteiger charge is -2.21. The summed E-state index contributed by atoms with van der Waals surface area (Å²) in [5.74, 6) is -1.37. The van der Waals surface area contributed by atoms with Crippen molar-refractivity contribution in [2.24, 2.45) is 0 Å². The van der Waals surface area contributed by atoms with E-state index in [1.165, 1.54) is 0 Å². The molecule has 0 fully saturated rings. The molecule has 0 aliphatic rings. The minimum atomic E-state index is -1.72. The summed E-state index contributed by atoms with van der Waals surface area (Å²) in [6, 6.07) is 0. The van der Waals surface area contributed by atoms with Crippen molar-refractivity contribution in [2.75, 3.05) is 0 Å². The summed E-state index contributed by atoms with van der Waals surface area (Å²) in [5.41, 5.74) is -0.627. The lowest BCUT2D eigenvalue weighted by molar-refractivity contribution is -0.198. The van der Waals surface area contributed by atoms with Crippen molar-refractivity contribution in [1.29, 1.82) is 0 Å². The Hall–Kier alpha value is -0.610. The summed E-state index contributed by atoms with van der Waals surface area (Å²) < 4.78 is 4.66. The molecule has 2 N–H and O–H groups in total. The second-order valence-corrected chi connectivity index (χ2v) is 2.92. The molecule has 0 saturated heterocycles. The number of rotatable bonds is 2. The first kappa shape index (κ1) is 9.39. The number of carboxylic acid groups (broad SMARTS) is 1. The van der Waals surface area contributed by atoms with Crippen molar-refractivity contribution in [3.63, 3.8) is 0 Å². The first-order valence-electron chi connectivity index (χ1n) is 2.91. The molecular formula is C6H12O4. The van der Waals surface area contributed by atoms with Crippen LogP contribution in [-0.4, -0.2) is 28.1 Å². The summed E-state index contributed by atoms with van der Waals surface area (Å²) in [4.78, 5) is 10.0. The van der Waals surface area contributed by atoms with E-state index in [-0.39, 0.29) is 0 Å². The van der Waals surface area contributed by atoms with E-state index < -0.39 is 17.9 Å². The van der Waals surface area contributed by atoms with Gasteiger partial charge >= 0.3 is 5.97 Å². The van der Waals surface area contributed by atoms with E-state index >= 15 is 0 Å². The fourth-order valence-corrected chi connectivity index (χ4v) is 0.385. The zero-order valence-electron chi connectivity index (χ0n) is 6.29. The van der Waals surface area contributed by atoms with Crippen LogP contribution in [0.15, 0.2) is 0 Å². The number of aliphatic carboxylic acids is 1. The predicted octanol–water partition coefficient (Wildman–Crippen LogP) is 0.204. The fraction of sp³-hybridized carbons (Fsp3) is 0.833. The Bertz CT molecular complexity index is 124. The van der Waals surface area contributed by atoms with Crippen molar-refractivity contribution >= 4 is 5.97 Å². The standard InChI is InChI=1S/C6H12O4/c1-6(2,3)10-5(9)4(7)8/h5,9H,1-3H3,(H,7,8). The van der Waals surface area contributed by atoms with Gasteiger partial charge in [-0.2, -0.15) is 0 Å². The Labute approximate surface area is 59.4 Å². The van der Waals surface area contributed by atoms with Gasteiger partial charge in [0.05, 0.1) is 5.60 Å². The van der Waals surface area contributed by atoms with Crippen LogP contribution in [0.2, 0.25) is 0 Å². The number of carboxylic acids is 1. The summed E-state index contributed by atoms with van der Waals surface area (Å²) in [5, 5.41) is 16.8. The van der Waals surface area contributed by atoms with E-state index in [0.717, 1.165) is 0 Å². The highest BCUT2D eigenvalue weighted by molar-refractivity contribution is 5.70. The SMILES string of the molecule is CC(C)(C)OC(O)C(=O)O. The largest absolute Gasteiger partial charge is 0.477 e. The molecule has 0 aliphatic heterocycles. The number of hydrogen-bond donors (Lipinski definition) is 2. The van der Waals surface area contributed by atoms with Crippen LogP contribution in [-0.2, 0) is 9.53 Å². The van der Waals surface area contributed by atoms with Crippen molar-refractivity contribution in [2.45, 2.75) is 32.7 Å². The van der Waals surface area contributed by atoms with E-state index in [1.54, 1.807) is 20.8 Å². The summed E-state index contributed by atoms with van der Waals surface area (Å²) in [7, 11) is 0. The Morgan fingerprint density at radius 2 is 1.90 bits per heavy atom. The molecular weight excluding hydrogens is 136 g/mol. The monoisotopic (exact) mass is 148 g/mol. The molecule has 0 spiro atoms. The zero-order chi connectivity index (χ0) is 8.36. The molecule has 0 bridgehead atoms. The van der Waals surface area contributed by atoms with E-state index in [9.17, 15) is 4.79 Å². The van der Waals surface area contributed by atoms with Gasteiger partial charge in [0.2, 0.25) is 0 Å². The molecule has 10 heavy (non-hydrogen) atoms. The maximum atomic E-state index is 10.0. The van der Waals surface area contributed by atoms with Gasteiger partial charge in [-0.1, -0.05) is 0 Å². The normalized spacial score (nSPS) is 14.8. The summed E-state index contributed by atoms with van der Waals surface area (Å²) >= 11 is 0. The second-order valence-electron chi connectivity index (χ2n) is 2.92. The maximum Gasteiger partial charge on any atom is 0.360 e. The highest BCUT2D eigenvalue weighted by Crippen LogP contribution is 2.08. The molecule has 0 rings (SSSR count). The van der Waals surface area contributed by atoms with Gasteiger partial charge in [0.15, 0.2) is 0 Å². The lowest BCUT2D eigenvalue weighted by atomic mass is 10.2. The van der Waals surface area contributed by atoms with Crippen LogP contribution in [0.1, 0.15) is 20.8 Å². The number of hydrogen-bond acceptors (Lipinski definition) is 3. The summed E-state index contributed by atoms with van der Waals surface area (Å²) in [6.07, 6.45) is -1.72. The molecule has 0 heterocycles. The molecule has 0 aliphatic carbocycles. The molecule has 4 heteroatoms. The molecule has 0 amide bonds. The van der Waals surface area contributed by atoms with Gasteiger partial charge in [-0.05, 0) is 20.8 Å². The highest BCUT2D eigenvalue weighted by Gasteiger charge is 2.21. The van der Waals surface area contributed by atoms with Gasteiger partial charge < -0.3 is 14.9 Å². The summed E-state index contributed by atoms with van der Waals surface area (Å²) in [6.45, 7) is 5.00. The number of aliphatic hydroxyl groups excluding tert-OH is 1. The minimum absolute atomic E-state index is 0.627. The van der Waals surface area contributed by atoms with E-state index in [1.807, 2.05) is 0 Å². The van der Waals surface area contributed by atoms with E-state index in [2.05, 4.69) is 4.74 Å². The molecule has 4 nitrogen and oxygen atoms in total. The fourth-order valence-electron chi connectivity index (χ4n) is 0.385. The molecule has 0 aromatic rings. The highest BCUT2D eigenvalue weighted by atomic mass is 16.6. The average Bonchev–Trinajstić information content (AvgIpc) is 1.60. The number of carbonyl (C=O) groups is 1. The van der Waals surface area contributed by atoms with Gasteiger partial charge in [0.1, 0.15) is 0 Å². The zero-order valence-corrected chi connectivity index (χ0v) is 6.29.